The molecule has 2 saturated heterocycles. The Morgan fingerprint density at radius 3 is 1.02 bits per heavy atom. The molecule has 2 heterocycles. The van der Waals surface area contributed by atoms with E-state index in [1.165, 1.54) is 44.5 Å². The first-order valence-electron chi connectivity index (χ1n) is 21.7. The van der Waals surface area contributed by atoms with Gasteiger partial charge in [-0.25, -0.2) is 0 Å². The van der Waals surface area contributed by atoms with Crippen LogP contribution < -0.4 is 9.05 Å². The molecule has 4 atom stereocenters. The molecule has 6 aromatic carbocycles. The second kappa shape index (κ2) is 20.7. The van der Waals surface area contributed by atoms with Gasteiger partial charge in [0.1, 0.15) is 11.5 Å². The second-order valence-corrected chi connectivity index (χ2v) is 19.5. The molecule has 316 valence electrons. The van der Waals surface area contributed by atoms with Crippen LogP contribution in [0.1, 0.15) is 95.9 Å². The lowest BCUT2D eigenvalue weighted by atomic mass is 9.87. The lowest BCUT2D eigenvalue weighted by Crippen LogP contribution is -2.45. The van der Waals surface area contributed by atoms with Gasteiger partial charge in [0.05, 0.1) is 31.8 Å². The minimum atomic E-state index is -1.61. The van der Waals surface area contributed by atoms with Gasteiger partial charge in [-0.3, -0.25) is 0 Å². The van der Waals surface area contributed by atoms with Gasteiger partial charge in [-0.1, -0.05) is 173 Å². The zero-order valence-electron chi connectivity index (χ0n) is 35.8. The Morgan fingerprint density at radius 2 is 0.705 bits per heavy atom. The molecule has 0 saturated carbocycles. The van der Waals surface area contributed by atoms with Crippen LogP contribution in [-0.2, 0) is 43.8 Å². The van der Waals surface area contributed by atoms with E-state index in [0.717, 1.165) is 37.2 Å². The third-order valence-electron chi connectivity index (χ3n) is 12.1. The van der Waals surface area contributed by atoms with Crippen LogP contribution >= 0.6 is 17.2 Å². The quantitative estimate of drug-likeness (QED) is 0.0904. The van der Waals surface area contributed by atoms with Crippen LogP contribution in [0.15, 0.2) is 158 Å². The van der Waals surface area contributed by atoms with E-state index in [1.54, 1.807) is 0 Å². The van der Waals surface area contributed by atoms with Crippen LogP contribution in [0.4, 0.5) is 0 Å². The lowest BCUT2D eigenvalue weighted by Gasteiger charge is -2.41. The van der Waals surface area contributed by atoms with Gasteiger partial charge in [-0.05, 0) is 106 Å². The highest BCUT2D eigenvalue weighted by molar-refractivity contribution is 7.42. The van der Waals surface area contributed by atoms with Crippen molar-refractivity contribution >= 4 is 17.2 Å². The molecule has 61 heavy (non-hydrogen) atoms. The highest BCUT2D eigenvalue weighted by Crippen LogP contribution is 2.54. The van der Waals surface area contributed by atoms with Crippen molar-refractivity contribution in [3.63, 3.8) is 0 Å². The monoisotopic (exact) mass is 852 g/mol. The zero-order valence-corrected chi connectivity index (χ0v) is 37.6. The van der Waals surface area contributed by atoms with Crippen molar-refractivity contribution in [2.75, 3.05) is 26.4 Å². The molecule has 6 nitrogen and oxygen atoms in total. The van der Waals surface area contributed by atoms with Gasteiger partial charge in [-0.15, -0.1) is 0 Å². The van der Waals surface area contributed by atoms with E-state index in [4.69, 9.17) is 27.1 Å². The Kier molecular flexibility index (Phi) is 14.7. The Hall–Kier alpha value is -4.38. The van der Waals surface area contributed by atoms with E-state index in [2.05, 4.69) is 185 Å². The summed E-state index contributed by atoms with van der Waals surface area (Å²) in [6.45, 7) is 10.8. The van der Waals surface area contributed by atoms with Gasteiger partial charge >= 0.3 is 17.2 Å². The third kappa shape index (κ3) is 11.6. The van der Waals surface area contributed by atoms with Crippen molar-refractivity contribution in [2.45, 2.75) is 77.0 Å². The average molecular weight is 853 g/mol. The number of hydrogen-bond acceptors (Lipinski definition) is 6. The predicted molar refractivity (Wildman–Crippen MR) is 248 cm³/mol. The molecule has 0 aromatic heterocycles. The molecular weight excluding hydrogens is 795 g/mol. The molecule has 0 radical (unpaired) electrons. The predicted octanol–water partition coefficient (Wildman–Crippen LogP) is 14.1. The Bertz CT molecular complexity index is 2090. The van der Waals surface area contributed by atoms with Crippen molar-refractivity contribution in [3.05, 3.63) is 202 Å². The maximum absolute atomic E-state index is 6.59. The van der Waals surface area contributed by atoms with E-state index in [9.17, 15) is 0 Å². The normalized spacial score (nSPS) is 21.0. The van der Waals surface area contributed by atoms with Gasteiger partial charge < -0.3 is 27.1 Å². The highest BCUT2D eigenvalue weighted by Gasteiger charge is 2.45. The first kappa shape index (κ1) is 43.3. The summed E-state index contributed by atoms with van der Waals surface area (Å²) >= 11 is 0. The topological polar surface area (TPSA) is 55.4 Å². The molecule has 2 fully saturated rings. The first-order chi connectivity index (χ1) is 29.8. The average Bonchev–Trinajstić information content (AvgIpc) is 3.29. The van der Waals surface area contributed by atoms with E-state index in [1.807, 2.05) is 0 Å². The summed E-state index contributed by atoms with van der Waals surface area (Å²) in [4.78, 5) is 0. The first-order valence-corrected chi connectivity index (χ1v) is 23.9. The molecule has 6 aromatic rings. The van der Waals surface area contributed by atoms with Crippen molar-refractivity contribution in [1.82, 2.24) is 0 Å². The van der Waals surface area contributed by atoms with E-state index in [-0.39, 0.29) is 11.8 Å². The van der Waals surface area contributed by atoms with Crippen LogP contribution in [0.3, 0.4) is 0 Å². The largest absolute Gasteiger partial charge is 0.426 e. The molecule has 8 rings (SSSR count). The Balaban J connectivity index is 0.906. The third-order valence-corrected chi connectivity index (χ3v) is 14.1. The smallest absolute Gasteiger partial charge is 0.397 e. The SMILES string of the molecule is CC(Cc1ccccc1)c1ccc(OP2OCC3(CO2)COP(Oc2ccc(C(C)Cc4ccccc4)cc2C(C)Cc2ccccc2)OC3)c(C(C)Cc2ccccc2)c1. The van der Waals surface area contributed by atoms with E-state index in [0.29, 0.717) is 38.3 Å². The summed E-state index contributed by atoms with van der Waals surface area (Å²) in [5.41, 5.74) is 9.75. The molecular formula is C53H58O6P2. The summed E-state index contributed by atoms with van der Waals surface area (Å²) in [5.74, 6) is 2.78. The summed E-state index contributed by atoms with van der Waals surface area (Å²) in [6.07, 6.45) is 3.75. The van der Waals surface area contributed by atoms with Gasteiger partial charge in [0, 0.05) is 0 Å². The molecule has 2 aliphatic heterocycles. The molecule has 0 N–H and O–H groups in total. The van der Waals surface area contributed by atoms with Gasteiger partial charge in [0.15, 0.2) is 0 Å². The lowest BCUT2D eigenvalue weighted by molar-refractivity contribution is -0.0673. The van der Waals surface area contributed by atoms with Crippen molar-refractivity contribution in [2.24, 2.45) is 5.41 Å². The Labute approximate surface area is 365 Å². The second-order valence-electron chi connectivity index (χ2n) is 17.2. The molecule has 8 heteroatoms. The Morgan fingerprint density at radius 1 is 0.410 bits per heavy atom. The number of benzene rings is 6. The summed E-state index contributed by atoms with van der Waals surface area (Å²) in [5, 5.41) is 0. The molecule has 4 unspecified atom stereocenters. The highest BCUT2D eigenvalue weighted by atomic mass is 31.2. The molecule has 1 spiro atoms. The fourth-order valence-electron chi connectivity index (χ4n) is 8.36. The van der Waals surface area contributed by atoms with Crippen LogP contribution in [0.5, 0.6) is 11.5 Å². The molecule has 0 bridgehead atoms. The molecule has 0 amide bonds. The van der Waals surface area contributed by atoms with Gasteiger partial charge in [0.25, 0.3) is 0 Å². The fraction of sp³-hybridized carbons (Fsp3) is 0.321. The zero-order chi connectivity index (χ0) is 42.0. The molecule has 0 aliphatic carbocycles. The van der Waals surface area contributed by atoms with Crippen molar-refractivity contribution < 1.29 is 27.1 Å². The maximum Gasteiger partial charge on any atom is 0.397 e. The maximum atomic E-state index is 6.59. The van der Waals surface area contributed by atoms with Crippen molar-refractivity contribution in [1.29, 1.82) is 0 Å². The minimum absolute atomic E-state index is 0.225. The van der Waals surface area contributed by atoms with Crippen LogP contribution in [-0.4, -0.2) is 26.4 Å². The van der Waals surface area contributed by atoms with Crippen LogP contribution in [0, 0.1) is 5.41 Å². The van der Waals surface area contributed by atoms with Gasteiger partial charge in [0.2, 0.25) is 0 Å². The van der Waals surface area contributed by atoms with Gasteiger partial charge in [-0.2, -0.15) is 0 Å². The van der Waals surface area contributed by atoms with Crippen LogP contribution in [0.25, 0.3) is 0 Å². The number of rotatable bonds is 16. The standard InChI is InChI=1S/C53H58O6P2/c1-39(29-43-17-9-5-10-18-43)47-25-27-51(49(33-47)41(3)31-45-21-13-7-14-22-45)58-60-54-35-53(36-55-60)37-56-61(57-38-53)59-52-28-26-48(40(2)30-44-19-11-6-12-20-44)34-50(52)42(4)32-46-23-15-8-16-24-46/h5-28,33-34,39-42H,29-32,35-38H2,1-4H3. The van der Waals surface area contributed by atoms with E-state index < -0.39 is 22.6 Å². The summed E-state index contributed by atoms with van der Waals surface area (Å²) < 4.78 is 38.6. The number of hydrogen-bond donors (Lipinski definition) is 0. The summed E-state index contributed by atoms with van der Waals surface area (Å²) in [7, 11) is -3.22. The van der Waals surface area contributed by atoms with E-state index >= 15 is 0 Å². The van der Waals surface area contributed by atoms with Crippen molar-refractivity contribution in [3.8, 4) is 11.5 Å². The molecule has 2 aliphatic rings. The summed E-state index contributed by atoms with van der Waals surface area (Å²) in [6, 6.07) is 56.0. The van der Waals surface area contributed by atoms with Crippen LogP contribution in [0.2, 0.25) is 0 Å². The minimum Gasteiger partial charge on any atom is -0.426 e. The fourth-order valence-corrected chi connectivity index (χ4v) is 10.9.